The molecule has 0 saturated heterocycles. The van der Waals surface area contributed by atoms with Crippen molar-refractivity contribution in [2.24, 2.45) is 7.05 Å². The molecule has 144 valence electrons. The van der Waals surface area contributed by atoms with Crippen LogP contribution in [0.25, 0.3) is 49.2 Å². The van der Waals surface area contributed by atoms with Crippen LogP contribution < -0.4 is 4.57 Å². The monoisotopic (exact) mass is 393 g/mol. The van der Waals surface area contributed by atoms with E-state index in [-0.39, 0.29) is 11.6 Å². The van der Waals surface area contributed by atoms with Gasteiger partial charge in [0.05, 0.1) is 13.5 Å². The van der Waals surface area contributed by atoms with E-state index in [1.54, 1.807) is 17.7 Å². The van der Waals surface area contributed by atoms with Gasteiger partial charge in [0.2, 0.25) is 5.69 Å². The molecule has 0 atom stereocenters. The van der Waals surface area contributed by atoms with Gasteiger partial charge in [-0.05, 0) is 30.9 Å². The minimum atomic E-state index is -2.37. The molecule has 0 N–H and O–H groups in total. The number of furan rings is 1. The molecule has 0 unspecified atom stereocenters. The number of hydrogen-bond donors (Lipinski definition) is 0. The van der Waals surface area contributed by atoms with Crippen molar-refractivity contribution in [3.05, 3.63) is 95.4 Å². The molecule has 0 aliphatic carbocycles. The number of aryl methyl sites for hydroxylation is 3. The van der Waals surface area contributed by atoms with E-state index in [0.717, 1.165) is 33.0 Å². The van der Waals surface area contributed by atoms with Crippen LogP contribution in [0.15, 0.2) is 77.3 Å². The first-order valence-electron chi connectivity index (χ1n) is 11.6. The molecule has 3 heteroatoms. The summed E-state index contributed by atoms with van der Waals surface area (Å²) in [7, 11) is 1.78. The van der Waals surface area contributed by atoms with E-state index in [1.807, 2.05) is 61.5 Å². The van der Waals surface area contributed by atoms with Crippen LogP contribution in [0.1, 0.15) is 16.6 Å². The fourth-order valence-corrected chi connectivity index (χ4v) is 4.08. The van der Waals surface area contributed by atoms with Crippen LogP contribution in [0.5, 0.6) is 0 Å². The average Bonchev–Trinajstić information content (AvgIpc) is 3.18. The summed E-state index contributed by atoms with van der Waals surface area (Å²) in [5.74, 6) is 0. The van der Waals surface area contributed by atoms with E-state index in [0.29, 0.717) is 22.5 Å². The van der Waals surface area contributed by atoms with E-state index in [1.165, 1.54) is 6.20 Å². The van der Waals surface area contributed by atoms with Crippen LogP contribution in [0.2, 0.25) is 0 Å². The smallest absolute Gasteiger partial charge is 0.216 e. The van der Waals surface area contributed by atoms with E-state index < -0.39 is 6.85 Å². The molecule has 30 heavy (non-hydrogen) atoms. The third-order valence-corrected chi connectivity index (χ3v) is 5.50. The van der Waals surface area contributed by atoms with Crippen molar-refractivity contribution in [2.75, 3.05) is 0 Å². The molecule has 2 aromatic heterocycles. The minimum Gasteiger partial charge on any atom is -0.456 e. The fraction of sp³-hybridized carbons (Fsp3) is 0.111. The minimum absolute atomic E-state index is 0.00115. The summed E-state index contributed by atoms with van der Waals surface area (Å²) in [5, 5.41) is 1.80. The van der Waals surface area contributed by atoms with Crippen molar-refractivity contribution in [3.8, 4) is 22.4 Å². The maximum Gasteiger partial charge on any atom is 0.216 e. The lowest BCUT2D eigenvalue weighted by Crippen LogP contribution is -2.31. The number of pyridine rings is 1. The van der Waals surface area contributed by atoms with Gasteiger partial charge in [-0.15, -0.1) is 0 Å². The summed E-state index contributed by atoms with van der Waals surface area (Å²) in [6.45, 7) is 7.29. The Bertz CT molecular complexity index is 1630. The van der Waals surface area contributed by atoms with Crippen LogP contribution in [-0.4, -0.2) is 0 Å². The normalized spacial score (nSPS) is 13.5. The molecule has 0 aliphatic heterocycles. The van der Waals surface area contributed by atoms with Gasteiger partial charge in [-0.25, -0.2) is 9.41 Å². The van der Waals surface area contributed by atoms with E-state index in [9.17, 15) is 0 Å². The molecule has 5 rings (SSSR count). The zero-order valence-electron chi connectivity index (χ0n) is 20.7. The highest BCUT2D eigenvalue weighted by atomic mass is 16.3. The first-order chi connectivity index (χ1) is 16.2. The van der Waals surface area contributed by atoms with Crippen molar-refractivity contribution in [2.45, 2.75) is 13.8 Å². The summed E-state index contributed by atoms with van der Waals surface area (Å²) < 4.78 is 39.8. The predicted octanol–water partition coefficient (Wildman–Crippen LogP) is 6.91. The number of fused-ring (bicyclic) bond motifs is 3. The molecular weight excluding hydrogens is 368 g/mol. The lowest BCUT2D eigenvalue weighted by Gasteiger charge is -2.06. The lowest BCUT2D eigenvalue weighted by atomic mass is 9.98. The maximum absolute atomic E-state index is 8.36. The van der Waals surface area contributed by atoms with Gasteiger partial charge in [0.1, 0.15) is 18.2 Å². The van der Waals surface area contributed by atoms with Gasteiger partial charge in [0.15, 0.2) is 11.9 Å². The molecule has 0 aliphatic rings. The van der Waals surface area contributed by atoms with Gasteiger partial charge in [0, 0.05) is 32.1 Å². The Morgan fingerprint density at radius 1 is 0.967 bits per heavy atom. The number of rotatable bonds is 2. The topological polar surface area (TPSA) is 21.4 Å². The molecular formula is C27H21N2O+. The summed E-state index contributed by atoms with van der Waals surface area (Å²) in [5.41, 5.74) is 5.86. The number of nitrogens with zero attached hydrogens (tertiary/aromatic N) is 2. The van der Waals surface area contributed by atoms with Crippen LogP contribution in [-0.2, 0) is 7.05 Å². The highest BCUT2D eigenvalue weighted by Gasteiger charge is 2.22. The van der Waals surface area contributed by atoms with Gasteiger partial charge < -0.3 is 4.42 Å². The molecule has 3 aromatic carbocycles. The standard InChI is InChI=1S/C27H21N2O/c1-17-10-15-23(29(4)16-17)24-18(2)11-12-20-21-13-14-22(28-3)25(27(21)30-26(20)24)19-8-6-5-7-9-19/h5-16H,1-2,4H3/q+1/i1D3,10D. The molecule has 0 saturated carbocycles. The molecule has 0 fully saturated rings. The molecule has 2 heterocycles. The largest absolute Gasteiger partial charge is 0.456 e. The Kier molecular flexibility index (Phi) is 3.23. The zero-order valence-corrected chi connectivity index (χ0v) is 16.7. The molecule has 0 radical (unpaired) electrons. The Morgan fingerprint density at radius 2 is 1.70 bits per heavy atom. The van der Waals surface area contributed by atoms with Crippen molar-refractivity contribution >= 4 is 27.6 Å². The Balaban J connectivity index is 1.87. The van der Waals surface area contributed by atoms with Crippen LogP contribution in [0, 0.1) is 20.3 Å². The van der Waals surface area contributed by atoms with E-state index in [4.69, 9.17) is 16.5 Å². The van der Waals surface area contributed by atoms with Gasteiger partial charge in [-0.1, -0.05) is 54.6 Å². The molecule has 0 spiro atoms. The molecule has 3 nitrogen and oxygen atoms in total. The Morgan fingerprint density at radius 3 is 2.43 bits per heavy atom. The molecule has 0 bridgehead atoms. The summed E-state index contributed by atoms with van der Waals surface area (Å²) in [6.07, 6.45) is 1.50. The highest BCUT2D eigenvalue weighted by molar-refractivity contribution is 6.15. The first-order valence-corrected chi connectivity index (χ1v) is 9.63. The summed E-state index contributed by atoms with van der Waals surface area (Å²) >= 11 is 0. The zero-order chi connectivity index (χ0) is 24.2. The molecule has 5 aromatic rings. The quantitative estimate of drug-likeness (QED) is 0.236. The highest BCUT2D eigenvalue weighted by Crippen LogP contribution is 2.44. The second kappa shape index (κ2) is 6.86. The van der Waals surface area contributed by atoms with Crippen molar-refractivity contribution in [3.63, 3.8) is 0 Å². The van der Waals surface area contributed by atoms with Crippen molar-refractivity contribution in [1.82, 2.24) is 0 Å². The van der Waals surface area contributed by atoms with Crippen molar-refractivity contribution < 1.29 is 14.5 Å². The number of hydrogen-bond acceptors (Lipinski definition) is 1. The fourth-order valence-electron chi connectivity index (χ4n) is 4.08. The van der Waals surface area contributed by atoms with Crippen molar-refractivity contribution in [1.29, 1.82) is 0 Å². The Labute approximate surface area is 181 Å². The second-order valence-electron chi connectivity index (χ2n) is 7.38. The van der Waals surface area contributed by atoms with Crippen LogP contribution in [0.3, 0.4) is 0 Å². The third kappa shape index (κ3) is 2.69. The van der Waals surface area contributed by atoms with Gasteiger partial charge in [0.25, 0.3) is 0 Å². The first kappa shape index (κ1) is 14.1. The maximum atomic E-state index is 8.36. The number of aromatic nitrogens is 1. The summed E-state index contributed by atoms with van der Waals surface area (Å²) in [4.78, 5) is 3.73. The van der Waals surface area contributed by atoms with Crippen LogP contribution >= 0.6 is 0 Å². The van der Waals surface area contributed by atoms with Gasteiger partial charge in [-0.3, -0.25) is 0 Å². The Hall–Kier alpha value is -3.90. The van der Waals surface area contributed by atoms with E-state index >= 15 is 0 Å². The average molecular weight is 394 g/mol. The second-order valence-corrected chi connectivity index (χ2v) is 7.38. The SMILES string of the molecule is [2H]c1cc(-c2c(C)ccc3c2oc2c(-c4ccccc4)c([N+]#[C-])ccc23)[n+](C)cc1C([2H])([2H])[2H]. The van der Waals surface area contributed by atoms with Gasteiger partial charge >= 0.3 is 0 Å². The molecule has 0 amide bonds. The predicted molar refractivity (Wildman–Crippen MR) is 122 cm³/mol. The lowest BCUT2D eigenvalue weighted by molar-refractivity contribution is -0.660. The third-order valence-electron chi connectivity index (χ3n) is 5.50. The van der Waals surface area contributed by atoms with Crippen LogP contribution in [0.4, 0.5) is 5.69 Å². The van der Waals surface area contributed by atoms with E-state index in [2.05, 4.69) is 4.85 Å². The van der Waals surface area contributed by atoms with Gasteiger partial charge in [-0.2, -0.15) is 0 Å². The number of benzene rings is 3. The summed E-state index contributed by atoms with van der Waals surface area (Å²) in [6, 6.07) is 19.0.